The minimum absolute atomic E-state index is 0.533. The highest BCUT2D eigenvalue weighted by Crippen LogP contribution is 2.30. The van der Waals surface area contributed by atoms with Gasteiger partial charge in [0.15, 0.2) is 0 Å². The first-order valence-electron chi connectivity index (χ1n) is 7.57. The zero-order valence-corrected chi connectivity index (χ0v) is 12.6. The molecule has 0 amide bonds. The standard InChI is InChI=1S/C18H21N3/c1-13(15-5-4-10-19-11-15)8-9-14(2)16-6-3-7-18-17(16)12-20-21-18/h3-7,10-14H,8-9H2,1-2H3,(H,20,21). The summed E-state index contributed by atoms with van der Waals surface area (Å²) in [4.78, 5) is 4.21. The summed E-state index contributed by atoms with van der Waals surface area (Å²) in [6.45, 7) is 4.58. The molecule has 2 aromatic heterocycles. The van der Waals surface area contributed by atoms with Crippen molar-refractivity contribution in [1.82, 2.24) is 15.2 Å². The van der Waals surface area contributed by atoms with Crippen LogP contribution < -0.4 is 0 Å². The summed E-state index contributed by atoms with van der Waals surface area (Å²) in [7, 11) is 0. The fourth-order valence-corrected chi connectivity index (χ4v) is 2.91. The minimum Gasteiger partial charge on any atom is -0.278 e. The van der Waals surface area contributed by atoms with Crippen molar-refractivity contribution >= 4 is 10.9 Å². The van der Waals surface area contributed by atoms with E-state index in [4.69, 9.17) is 0 Å². The van der Waals surface area contributed by atoms with Crippen LogP contribution >= 0.6 is 0 Å². The number of hydrogen-bond donors (Lipinski definition) is 1. The van der Waals surface area contributed by atoms with Gasteiger partial charge >= 0.3 is 0 Å². The summed E-state index contributed by atoms with van der Waals surface area (Å²) in [5.41, 5.74) is 3.84. The second kappa shape index (κ2) is 6.08. The summed E-state index contributed by atoms with van der Waals surface area (Å²) in [6.07, 6.45) is 8.08. The van der Waals surface area contributed by atoms with Crippen LogP contribution in [0, 0.1) is 0 Å². The van der Waals surface area contributed by atoms with Crippen molar-refractivity contribution in [1.29, 1.82) is 0 Å². The van der Waals surface area contributed by atoms with Crippen LogP contribution in [0.2, 0.25) is 0 Å². The van der Waals surface area contributed by atoms with E-state index in [1.807, 2.05) is 24.7 Å². The van der Waals surface area contributed by atoms with Gasteiger partial charge in [-0.15, -0.1) is 0 Å². The molecule has 2 unspecified atom stereocenters. The van der Waals surface area contributed by atoms with Crippen molar-refractivity contribution in [2.24, 2.45) is 0 Å². The van der Waals surface area contributed by atoms with E-state index >= 15 is 0 Å². The second-order valence-corrected chi connectivity index (χ2v) is 5.84. The van der Waals surface area contributed by atoms with E-state index < -0.39 is 0 Å². The van der Waals surface area contributed by atoms with Gasteiger partial charge in [-0.05, 0) is 47.9 Å². The van der Waals surface area contributed by atoms with E-state index in [2.05, 4.69) is 53.3 Å². The highest BCUT2D eigenvalue weighted by Gasteiger charge is 2.13. The molecule has 0 radical (unpaired) electrons. The first-order chi connectivity index (χ1) is 10.3. The summed E-state index contributed by atoms with van der Waals surface area (Å²) in [6, 6.07) is 10.6. The van der Waals surface area contributed by atoms with E-state index in [9.17, 15) is 0 Å². The van der Waals surface area contributed by atoms with Crippen molar-refractivity contribution in [3.05, 3.63) is 60.0 Å². The van der Waals surface area contributed by atoms with Gasteiger partial charge in [0.25, 0.3) is 0 Å². The van der Waals surface area contributed by atoms with Gasteiger partial charge < -0.3 is 0 Å². The van der Waals surface area contributed by atoms with E-state index in [0.29, 0.717) is 11.8 Å². The van der Waals surface area contributed by atoms with Gasteiger partial charge in [-0.1, -0.05) is 32.0 Å². The molecular formula is C18H21N3. The molecule has 0 aliphatic heterocycles. The van der Waals surface area contributed by atoms with Crippen LogP contribution in [0.4, 0.5) is 0 Å². The molecule has 0 saturated carbocycles. The van der Waals surface area contributed by atoms with E-state index in [1.165, 1.54) is 29.4 Å². The number of rotatable bonds is 5. The number of benzene rings is 1. The summed E-state index contributed by atoms with van der Waals surface area (Å²) < 4.78 is 0. The molecule has 0 saturated heterocycles. The van der Waals surface area contributed by atoms with Crippen molar-refractivity contribution in [2.75, 3.05) is 0 Å². The molecule has 3 heteroatoms. The maximum Gasteiger partial charge on any atom is 0.0653 e. The monoisotopic (exact) mass is 279 g/mol. The van der Waals surface area contributed by atoms with Gasteiger partial charge in [-0.25, -0.2) is 0 Å². The van der Waals surface area contributed by atoms with Crippen LogP contribution in [-0.2, 0) is 0 Å². The van der Waals surface area contributed by atoms with Gasteiger partial charge in [-0.3, -0.25) is 10.1 Å². The Morgan fingerprint density at radius 3 is 2.67 bits per heavy atom. The Kier molecular flexibility index (Phi) is 4.00. The lowest BCUT2D eigenvalue weighted by molar-refractivity contribution is 0.575. The maximum atomic E-state index is 4.21. The Morgan fingerprint density at radius 1 is 1.00 bits per heavy atom. The van der Waals surface area contributed by atoms with Gasteiger partial charge in [-0.2, -0.15) is 5.10 Å². The number of H-pyrrole nitrogens is 1. The van der Waals surface area contributed by atoms with Crippen LogP contribution in [0.25, 0.3) is 10.9 Å². The first kappa shape index (κ1) is 13.8. The molecule has 0 aliphatic carbocycles. The molecule has 3 aromatic rings. The zero-order chi connectivity index (χ0) is 14.7. The predicted octanol–water partition coefficient (Wildman–Crippen LogP) is 4.65. The number of nitrogens with one attached hydrogen (secondary N) is 1. The number of aromatic amines is 1. The maximum absolute atomic E-state index is 4.21. The molecule has 1 aromatic carbocycles. The van der Waals surface area contributed by atoms with Crippen molar-refractivity contribution in [2.45, 2.75) is 38.5 Å². The molecule has 0 bridgehead atoms. The molecule has 3 rings (SSSR count). The summed E-state index contributed by atoms with van der Waals surface area (Å²) in [5, 5.41) is 8.45. The molecule has 2 atom stereocenters. The number of aromatic nitrogens is 3. The molecule has 0 aliphatic rings. The second-order valence-electron chi connectivity index (χ2n) is 5.84. The van der Waals surface area contributed by atoms with Gasteiger partial charge in [0.1, 0.15) is 0 Å². The molecule has 1 N–H and O–H groups in total. The Balaban J connectivity index is 1.69. The van der Waals surface area contributed by atoms with Gasteiger partial charge in [0.05, 0.1) is 11.7 Å². The van der Waals surface area contributed by atoms with Gasteiger partial charge in [0, 0.05) is 17.8 Å². The van der Waals surface area contributed by atoms with Crippen LogP contribution in [0.5, 0.6) is 0 Å². The lowest BCUT2D eigenvalue weighted by atomic mass is 9.88. The number of fused-ring (bicyclic) bond motifs is 1. The van der Waals surface area contributed by atoms with Crippen molar-refractivity contribution < 1.29 is 0 Å². The molecule has 21 heavy (non-hydrogen) atoms. The van der Waals surface area contributed by atoms with Crippen LogP contribution in [0.15, 0.2) is 48.9 Å². The van der Waals surface area contributed by atoms with Crippen molar-refractivity contribution in [3.8, 4) is 0 Å². The lowest BCUT2D eigenvalue weighted by Gasteiger charge is -2.16. The smallest absolute Gasteiger partial charge is 0.0653 e. The van der Waals surface area contributed by atoms with Crippen LogP contribution in [0.1, 0.15) is 49.7 Å². The minimum atomic E-state index is 0.533. The van der Waals surface area contributed by atoms with E-state index in [0.717, 1.165) is 5.52 Å². The predicted molar refractivity (Wildman–Crippen MR) is 86.4 cm³/mol. The molecule has 2 heterocycles. The Morgan fingerprint density at radius 2 is 1.86 bits per heavy atom. The Labute approximate surface area is 125 Å². The first-order valence-corrected chi connectivity index (χ1v) is 7.57. The Hall–Kier alpha value is -2.16. The van der Waals surface area contributed by atoms with Gasteiger partial charge in [0.2, 0.25) is 0 Å². The normalized spacial score (nSPS) is 14.2. The van der Waals surface area contributed by atoms with Crippen LogP contribution in [0.3, 0.4) is 0 Å². The largest absolute Gasteiger partial charge is 0.278 e. The van der Waals surface area contributed by atoms with E-state index in [-0.39, 0.29) is 0 Å². The molecule has 3 nitrogen and oxygen atoms in total. The van der Waals surface area contributed by atoms with Crippen LogP contribution in [-0.4, -0.2) is 15.2 Å². The average Bonchev–Trinajstić information content (AvgIpc) is 3.01. The molecule has 0 spiro atoms. The third kappa shape index (κ3) is 2.97. The molecular weight excluding hydrogens is 258 g/mol. The molecule has 0 fully saturated rings. The third-order valence-electron chi connectivity index (χ3n) is 4.34. The number of hydrogen-bond acceptors (Lipinski definition) is 2. The third-order valence-corrected chi connectivity index (χ3v) is 4.34. The van der Waals surface area contributed by atoms with Crippen molar-refractivity contribution in [3.63, 3.8) is 0 Å². The highest BCUT2D eigenvalue weighted by molar-refractivity contribution is 5.82. The SMILES string of the molecule is CC(CCC(C)c1cccc2[nH]ncc12)c1cccnc1. The number of nitrogens with zero attached hydrogens (tertiary/aromatic N) is 2. The van der Waals surface area contributed by atoms with E-state index in [1.54, 1.807) is 0 Å². The zero-order valence-electron chi connectivity index (χ0n) is 12.6. The highest BCUT2D eigenvalue weighted by atomic mass is 15.1. The Bertz CT molecular complexity index is 703. The fourth-order valence-electron chi connectivity index (χ4n) is 2.91. The molecule has 108 valence electrons. The lowest BCUT2D eigenvalue weighted by Crippen LogP contribution is -1.99. The summed E-state index contributed by atoms with van der Waals surface area (Å²) in [5.74, 6) is 1.08. The summed E-state index contributed by atoms with van der Waals surface area (Å²) >= 11 is 0. The average molecular weight is 279 g/mol. The quantitative estimate of drug-likeness (QED) is 0.739. The topological polar surface area (TPSA) is 41.6 Å². The fraction of sp³-hybridized carbons (Fsp3) is 0.333. The number of pyridine rings is 1.